The molecule has 128 valence electrons. The van der Waals surface area contributed by atoms with E-state index in [0.29, 0.717) is 11.7 Å². The second-order valence-electron chi connectivity index (χ2n) is 6.11. The zero-order valence-corrected chi connectivity index (χ0v) is 14.0. The molecule has 0 saturated heterocycles. The predicted octanol–water partition coefficient (Wildman–Crippen LogP) is 3.85. The summed E-state index contributed by atoms with van der Waals surface area (Å²) >= 11 is 0. The van der Waals surface area contributed by atoms with Crippen molar-refractivity contribution >= 4 is 5.91 Å². The molecule has 2 rings (SSSR count). The van der Waals surface area contributed by atoms with Gasteiger partial charge in [-0.3, -0.25) is 4.79 Å². The highest BCUT2D eigenvalue weighted by atomic mass is 19.1. The Labute approximate surface area is 141 Å². The average Bonchev–Trinajstić information content (AvgIpc) is 2.54. The maximum Gasteiger partial charge on any atom is 0.248 e. The highest BCUT2D eigenvalue weighted by molar-refractivity contribution is 5.92. The Morgan fingerprint density at radius 1 is 1.21 bits per heavy atom. The molecule has 0 bridgehead atoms. The fourth-order valence-electron chi connectivity index (χ4n) is 2.16. The smallest absolute Gasteiger partial charge is 0.248 e. The number of hydrogen-bond donors (Lipinski definition) is 2. The predicted molar refractivity (Wildman–Crippen MR) is 92.6 cm³/mol. The normalized spacial score (nSPS) is 10.8. The molecule has 0 fully saturated rings. The Kier molecular flexibility index (Phi) is 6.32. The van der Waals surface area contributed by atoms with E-state index in [4.69, 9.17) is 10.5 Å². The number of benzene rings is 2. The summed E-state index contributed by atoms with van der Waals surface area (Å²) in [6.45, 7) is 6.16. The number of hydrogen-bond acceptors (Lipinski definition) is 3. The van der Waals surface area contributed by atoms with Crippen molar-refractivity contribution in [3.8, 4) is 11.5 Å². The van der Waals surface area contributed by atoms with Crippen molar-refractivity contribution in [2.45, 2.75) is 26.8 Å². The summed E-state index contributed by atoms with van der Waals surface area (Å²) in [5.74, 6) is -0.0147. The highest BCUT2D eigenvalue weighted by Gasteiger charge is 2.09. The number of rotatable bonds is 8. The van der Waals surface area contributed by atoms with Crippen LogP contribution in [0, 0.1) is 11.7 Å². The van der Waals surface area contributed by atoms with Crippen LogP contribution in [0.5, 0.6) is 11.5 Å². The van der Waals surface area contributed by atoms with E-state index in [2.05, 4.69) is 19.2 Å². The molecule has 0 atom stereocenters. The van der Waals surface area contributed by atoms with Crippen LogP contribution in [0.1, 0.15) is 36.2 Å². The van der Waals surface area contributed by atoms with Crippen LogP contribution in [0.3, 0.4) is 0 Å². The minimum atomic E-state index is -0.672. The summed E-state index contributed by atoms with van der Waals surface area (Å²) < 4.78 is 19.4. The van der Waals surface area contributed by atoms with E-state index < -0.39 is 11.7 Å². The molecule has 0 heterocycles. The van der Waals surface area contributed by atoms with E-state index in [-0.39, 0.29) is 11.3 Å². The Morgan fingerprint density at radius 2 is 1.92 bits per heavy atom. The van der Waals surface area contributed by atoms with E-state index >= 15 is 0 Å². The summed E-state index contributed by atoms with van der Waals surface area (Å²) in [4.78, 5) is 11.0. The van der Waals surface area contributed by atoms with Crippen LogP contribution >= 0.6 is 0 Å². The zero-order chi connectivity index (χ0) is 17.5. The van der Waals surface area contributed by atoms with Gasteiger partial charge in [-0.15, -0.1) is 0 Å². The van der Waals surface area contributed by atoms with Crippen molar-refractivity contribution in [2.75, 3.05) is 6.54 Å². The molecule has 2 aromatic rings. The SMILES string of the molecule is CC(C)CCNCc1ccc(Oc2ccc(C(N)=O)cc2F)cc1. The van der Waals surface area contributed by atoms with Gasteiger partial charge in [0.25, 0.3) is 0 Å². The van der Waals surface area contributed by atoms with Crippen LogP contribution < -0.4 is 15.8 Å². The van der Waals surface area contributed by atoms with Gasteiger partial charge in [0, 0.05) is 12.1 Å². The lowest BCUT2D eigenvalue weighted by Crippen LogP contribution is -2.16. The molecule has 3 N–H and O–H groups in total. The van der Waals surface area contributed by atoms with Crippen molar-refractivity contribution in [3.63, 3.8) is 0 Å². The van der Waals surface area contributed by atoms with E-state index in [1.807, 2.05) is 12.1 Å². The lowest BCUT2D eigenvalue weighted by Gasteiger charge is -2.09. The van der Waals surface area contributed by atoms with Gasteiger partial charge in [0.05, 0.1) is 0 Å². The second-order valence-corrected chi connectivity index (χ2v) is 6.11. The largest absolute Gasteiger partial charge is 0.454 e. The third-order valence-electron chi connectivity index (χ3n) is 3.60. The Hall–Kier alpha value is -2.40. The summed E-state index contributed by atoms with van der Waals surface area (Å²) in [6, 6.07) is 11.4. The molecule has 0 aliphatic heterocycles. The molecule has 24 heavy (non-hydrogen) atoms. The van der Waals surface area contributed by atoms with Gasteiger partial charge in [0.15, 0.2) is 11.6 Å². The first-order valence-corrected chi connectivity index (χ1v) is 8.02. The van der Waals surface area contributed by atoms with Gasteiger partial charge in [0.1, 0.15) is 5.75 Å². The quantitative estimate of drug-likeness (QED) is 0.723. The summed E-state index contributed by atoms with van der Waals surface area (Å²) in [5.41, 5.74) is 6.36. The molecule has 1 amide bonds. The molecule has 0 saturated carbocycles. The van der Waals surface area contributed by atoms with Crippen molar-refractivity contribution in [1.82, 2.24) is 5.32 Å². The van der Waals surface area contributed by atoms with Crippen LogP contribution in [0.25, 0.3) is 0 Å². The fourth-order valence-corrected chi connectivity index (χ4v) is 2.16. The van der Waals surface area contributed by atoms with E-state index in [9.17, 15) is 9.18 Å². The van der Waals surface area contributed by atoms with E-state index in [1.54, 1.807) is 12.1 Å². The Balaban J connectivity index is 1.93. The molecule has 5 heteroatoms. The number of nitrogens with one attached hydrogen (secondary N) is 1. The Morgan fingerprint density at radius 3 is 2.50 bits per heavy atom. The number of nitrogens with two attached hydrogens (primary N) is 1. The number of amides is 1. The highest BCUT2D eigenvalue weighted by Crippen LogP contribution is 2.25. The molecule has 0 spiro atoms. The molecule has 0 unspecified atom stereocenters. The summed E-state index contributed by atoms with van der Waals surface area (Å²) in [6.07, 6.45) is 1.14. The number of carbonyl (C=O) groups is 1. The Bertz CT molecular complexity index is 684. The zero-order valence-electron chi connectivity index (χ0n) is 14.0. The number of ether oxygens (including phenoxy) is 1. The van der Waals surface area contributed by atoms with Crippen LogP contribution in [-0.2, 0) is 6.54 Å². The number of carbonyl (C=O) groups excluding carboxylic acids is 1. The molecule has 2 aromatic carbocycles. The van der Waals surface area contributed by atoms with Gasteiger partial charge in [0.2, 0.25) is 5.91 Å². The lowest BCUT2D eigenvalue weighted by molar-refractivity contribution is 0.1000. The van der Waals surface area contributed by atoms with Crippen molar-refractivity contribution in [3.05, 3.63) is 59.4 Å². The van der Waals surface area contributed by atoms with Gasteiger partial charge in [-0.05, 0) is 54.8 Å². The first-order valence-electron chi connectivity index (χ1n) is 8.02. The molecule has 0 aliphatic carbocycles. The van der Waals surface area contributed by atoms with Gasteiger partial charge in [-0.1, -0.05) is 26.0 Å². The van der Waals surface area contributed by atoms with Gasteiger partial charge < -0.3 is 15.8 Å². The maximum absolute atomic E-state index is 13.9. The third-order valence-corrected chi connectivity index (χ3v) is 3.60. The van der Waals surface area contributed by atoms with Crippen LogP contribution in [0.4, 0.5) is 4.39 Å². The first kappa shape index (κ1) is 17.9. The first-order chi connectivity index (χ1) is 11.5. The third kappa shape index (κ3) is 5.35. The number of primary amides is 1. The molecule has 0 aromatic heterocycles. The van der Waals surface area contributed by atoms with Gasteiger partial charge in [-0.25, -0.2) is 4.39 Å². The standard InChI is InChI=1S/C19H23FN2O2/c1-13(2)9-10-22-12-14-3-6-16(7-4-14)24-18-8-5-15(19(21)23)11-17(18)20/h3-8,11,13,22H,9-10,12H2,1-2H3,(H2,21,23). The number of halogens is 1. The van der Waals surface area contributed by atoms with Crippen molar-refractivity contribution < 1.29 is 13.9 Å². The molecular weight excluding hydrogens is 307 g/mol. The van der Waals surface area contributed by atoms with Crippen molar-refractivity contribution in [2.24, 2.45) is 11.7 Å². The monoisotopic (exact) mass is 330 g/mol. The summed E-state index contributed by atoms with van der Waals surface area (Å²) in [7, 11) is 0. The molecule has 0 aliphatic rings. The van der Waals surface area contributed by atoms with Crippen LogP contribution in [0.15, 0.2) is 42.5 Å². The van der Waals surface area contributed by atoms with Crippen LogP contribution in [0.2, 0.25) is 0 Å². The average molecular weight is 330 g/mol. The lowest BCUT2D eigenvalue weighted by atomic mass is 10.1. The maximum atomic E-state index is 13.9. The topological polar surface area (TPSA) is 64.3 Å². The van der Waals surface area contributed by atoms with Gasteiger partial charge >= 0.3 is 0 Å². The van der Waals surface area contributed by atoms with Crippen molar-refractivity contribution in [1.29, 1.82) is 0 Å². The molecule has 4 nitrogen and oxygen atoms in total. The van der Waals surface area contributed by atoms with Crippen LogP contribution in [-0.4, -0.2) is 12.5 Å². The molecular formula is C19H23FN2O2. The van der Waals surface area contributed by atoms with E-state index in [1.165, 1.54) is 12.1 Å². The molecule has 0 radical (unpaired) electrons. The van der Waals surface area contributed by atoms with Gasteiger partial charge in [-0.2, -0.15) is 0 Å². The second kappa shape index (κ2) is 8.45. The minimum absolute atomic E-state index is 0.0582. The fraction of sp³-hybridized carbons (Fsp3) is 0.316. The minimum Gasteiger partial charge on any atom is -0.454 e. The summed E-state index contributed by atoms with van der Waals surface area (Å²) in [5, 5.41) is 3.38. The van der Waals surface area contributed by atoms with E-state index in [0.717, 1.165) is 31.1 Å².